The topological polar surface area (TPSA) is 489 Å². The Balaban J connectivity index is 0.000000151. The number of rotatable bonds is 25. The molecule has 4 aliphatic carbocycles. The van der Waals surface area contributed by atoms with Gasteiger partial charge in [0.05, 0.1) is 170 Å². The fraction of sp³-hybridized carbons (Fsp3) is 0.402. The molecule has 4 saturated carbocycles. The summed E-state index contributed by atoms with van der Waals surface area (Å²) in [7, 11) is 7.44. The zero-order valence-corrected chi connectivity index (χ0v) is 86.7. The molecule has 4 fully saturated rings. The second-order valence-corrected chi connectivity index (χ2v) is 37.4. The van der Waals surface area contributed by atoms with Crippen LogP contribution in [0.25, 0.3) is 39.3 Å². The number of esters is 5. The average molecular weight is 2090 g/mol. The smallest absolute Gasteiger partial charge is 0.537 e. The molecule has 5 aromatic carbocycles. The maximum absolute atomic E-state index is 13.5. The number of hydrogen-bond acceptors (Lipinski definition) is 31. The van der Waals surface area contributed by atoms with E-state index in [0.717, 1.165) is 62.8 Å². The van der Waals surface area contributed by atoms with E-state index in [1.165, 1.54) is 56.3 Å². The Morgan fingerprint density at radius 3 is 1.04 bits per heavy atom. The first-order chi connectivity index (χ1) is 71.3. The number of imidazole rings is 5. The third-order valence-corrected chi connectivity index (χ3v) is 24.5. The van der Waals surface area contributed by atoms with Gasteiger partial charge in [-0.3, -0.25) is 60.4 Å². The van der Waals surface area contributed by atoms with Crippen LogP contribution in [0.2, 0.25) is 16.1 Å². The first kappa shape index (κ1) is 111. The highest BCUT2D eigenvalue weighted by Gasteiger charge is 2.48. The van der Waals surface area contributed by atoms with Gasteiger partial charge in [-0.15, -0.1) is 0 Å². The number of benzene rings is 5. The van der Waals surface area contributed by atoms with E-state index in [9.17, 15) is 57.5 Å². The van der Waals surface area contributed by atoms with Gasteiger partial charge in [0.2, 0.25) is 0 Å². The molecule has 2 aliphatic heterocycles. The molecule has 0 spiro atoms. The van der Waals surface area contributed by atoms with E-state index in [2.05, 4.69) is 24.6 Å². The van der Waals surface area contributed by atoms with Crippen molar-refractivity contribution in [1.29, 1.82) is 0 Å². The molecule has 789 valence electrons. The van der Waals surface area contributed by atoms with Crippen LogP contribution < -0.4 is 56.8 Å². The van der Waals surface area contributed by atoms with Gasteiger partial charge in [0.25, 0.3) is 0 Å². The second kappa shape index (κ2) is 49.0. The summed E-state index contributed by atoms with van der Waals surface area (Å²) >= 11 is 11.5. The molecular weight excluding hydrogens is 1980 g/mol. The molecule has 6 aliphatic rings. The molecule has 2 amide bonds. The molecule has 2 unspecified atom stereocenters. The SMILES string of the molecule is CCOC(=O)c1[nH]c(=O)n2cc(Cl)ncc12.CCOC(=O)c1c2cnc(C3CC3)cn2c(=O)n1-c1ccc(OC)cc1.CCOC(=O)c1c2cnc(Cl)cn2c(=O)n1-c1ccc(OC)cc1.CCOC(=O)c1c2n(c(=O)n1-c1ccc(OC)cc1)CC(C1CC1)N(C(=O)OC(C)(C)C)C2.CCOC(=O)c1c2n(c(=O)n1-c1ccc(OC)cc1)CC(C1CC1)N(C(=O)OC(C)(C)C)C2.COc1ccc(O[B]O)cc1.OB(O)C1CC1. The van der Waals surface area contributed by atoms with E-state index >= 15 is 0 Å². The number of nitrogens with one attached hydrogen (secondary N) is 1. The normalized spacial score (nSPS) is 14.7. The molecule has 10 heterocycles. The number of fused-ring (bicyclic) bond motifs is 5. The van der Waals surface area contributed by atoms with Crippen LogP contribution >= 0.6 is 23.2 Å². The Hall–Kier alpha value is -15.3. The first-order valence-electron chi connectivity index (χ1n) is 48.2. The Morgan fingerprint density at radius 1 is 0.409 bits per heavy atom. The number of ether oxygens (including phenoxy) is 12. The molecule has 8 aromatic heterocycles. The van der Waals surface area contributed by atoms with E-state index in [1.807, 2.05) is 41.5 Å². The monoisotopic (exact) mass is 2090 g/mol. The Morgan fingerprint density at radius 2 is 0.725 bits per heavy atom. The predicted molar refractivity (Wildman–Crippen MR) is 547 cm³/mol. The highest BCUT2D eigenvalue weighted by molar-refractivity contribution is 6.44. The van der Waals surface area contributed by atoms with Gasteiger partial charge in [-0.1, -0.05) is 36.0 Å². The van der Waals surface area contributed by atoms with Crippen molar-refractivity contribution >= 4 is 96.6 Å². The van der Waals surface area contributed by atoms with Crippen LogP contribution in [0.1, 0.15) is 203 Å². The number of methoxy groups -OCH3 is 5. The molecule has 0 bridgehead atoms. The maximum Gasteiger partial charge on any atom is 0.569 e. The van der Waals surface area contributed by atoms with Crippen LogP contribution in [0.4, 0.5) is 9.59 Å². The van der Waals surface area contributed by atoms with Crippen LogP contribution in [-0.2, 0) is 59.3 Å². The van der Waals surface area contributed by atoms with E-state index < -0.39 is 71.7 Å². The molecule has 43 nitrogen and oxygen atoms in total. The Bertz CT molecular complexity index is 7110. The molecular formula is C102H118B2Cl2N15O28. The van der Waals surface area contributed by atoms with Crippen LogP contribution in [0, 0.1) is 11.8 Å². The predicted octanol–water partition coefficient (Wildman–Crippen LogP) is 12.7. The van der Waals surface area contributed by atoms with Crippen LogP contribution in [0.5, 0.6) is 34.5 Å². The summed E-state index contributed by atoms with van der Waals surface area (Å²) in [6.45, 7) is 21.3. The molecule has 1 radical (unpaired) electrons. The van der Waals surface area contributed by atoms with Gasteiger partial charge in [0.15, 0.2) is 28.5 Å². The van der Waals surface area contributed by atoms with Gasteiger partial charge in [-0.2, -0.15) is 0 Å². The van der Waals surface area contributed by atoms with Crippen LogP contribution in [0.3, 0.4) is 0 Å². The minimum atomic E-state index is -1.04. The van der Waals surface area contributed by atoms with Crippen molar-refractivity contribution in [2.24, 2.45) is 11.8 Å². The fourth-order valence-corrected chi connectivity index (χ4v) is 16.8. The van der Waals surface area contributed by atoms with Crippen LogP contribution in [-0.4, -0.2) is 234 Å². The quantitative estimate of drug-likeness (QED) is 0.0234. The van der Waals surface area contributed by atoms with Gasteiger partial charge in [-0.05, 0) is 254 Å². The molecule has 19 rings (SSSR count). The Kier molecular flexibility index (Phi) is 36.5. The van der Waals surface area contributed by atoms with Gasteiger partial charge in [0, 0.05) is 25.2 Å². The summed E-state index contributed by atoms with van der Waals surface area (Å²) in [5.74, 6) is 2.19. The van der Waals surface area contributed by atoms with Gasteiger partial charge in [-0.25, -0.2) is 67.5 Å². The van der Waals surface area contributed by atoms with Gasteiger partial charge in [0.1, 0.15) is 67.0 Å². The van der Waals surface area contributed by atoms with E-state index in [1.54, 1.807) is 223 Å². The fourth-order valence-electron chi connectivity index (χ4n) is 16.5. The van der Waals surface area contributed by atoms with Gasteiger partial charge >= 0.3 is 85.3 Å². The summed E-state index contributed by atoms with van der Waals surface area (Å²) in [4.78, 5) is 171. The highest BCUT2D eigenvalue weighted by atomic mass is 35.5. The number of hydrogen-bond donors (Lipinski definition) is 4. The van der Waals surface area contributed by atoms with Gasteiger partial charge < -0.3 is 76.6 Å². The maximum atomic E-state index is 13.5. The number of carbonyl (C=O) groups excluding carboxylic acids is 7. The van der Waals surface area contributed by atoms with Crippen molar-refractivity contribution in [1.82, 2.24) is 70.3 Å². The second-order valence-electron chi connectivity index (χ2n) is 36.6. The molecule has 149 heavy (non-hydrogen) atoms. The largest absolute Gasteiger partial charge is 0.569 e. The van der Waals surface area contributed by atoms with Crippen molar-refractivity contribution in [3.63, 3.8) is 0 Å². The third kappa shape index (κ3) is 26.6. The summed E-state index contributed by atoms with van der Waals surface area (Å²) in [5, 5.41) is 25.1. The first-order valence-corrected chi connectivity index (χ1v) is 49.0. The molecule has 47 heteroatoms. The molecule has 0 saturated heterocycles. The van der Waals surface area contributed by atoms with E-state index in [0.29, 0.717) is 118 Å². The minimum absolute atomic E-state index is 0.0796. The standard InChI is InChI=1S/2C24H31N3O6.C19H19N3O4.C16H14ClN3O4.C9H8ClN3O3.C7H8BO3.C3H7BO2/c2*1-6-32-21(28)20-19-14-26(23(30)33-24(2,3)4)18(15-7-8-15)13-25(19)22(29)27(20)16-9-11-17(31-5)12-10-16;1-3-26-18(23)17-16-10-20-15(12-4-5-12)11-21(16)19(24)22(17)13-6-8-14(25-2)9-7-13;1-3-24-15(21)14-12-8-18-13(17)9-19(12)16(22)20(14)10-4-6-11(23-2)7-5-10;1-2-16-8(14)7-5-3-11-6(10)4-13(5)9(15)12-7;1-10-6-2-4-7(5-3-6)11-8-9;5-4(6)3-1-2-3/h2*9-12,15,18H,6-8,13-14H2,1-5H3;6-12H,3-5H2,1-2H3;4-9H,3H2,1-2H3;3-4H,2H2,1H3,(H,12,15);2-5,9H,1H3;3,5-6H,1-2H2. The lowest BCUT2D eigenvalue weighted by atomic mass is 9.84. The highest BCUT2D eigenvalue weighted by Crippen LogP contribution is 2.43. The van der Waals surface area contributed by atoms with Crippen molar-refractivity contribution in [3.8, 4) is 57.2 Å². The summed E-state index contributed by atoms with van der Waals surface area (Å²) in [5.41, 5.74) is 2.45. The number of nitrogens with zero attached hydrogens (tertiary/aromatic N) is 14. The summed E-state index contributed by atoms with van der Waals surface area (Å²) < 4.78 is 79.9. The van der Waals surface area contributed by atoms with Crippen molar-refractivity contribution < 1.29 is 110 Å². The van der Waals surface area contributed by atoms with E-state index in [-0.39, 0.29) is 120 Å². The number of aromatic nitrogens is 13. The molecule has 13 aromatic rings. The Labute approximate surface area is 865 Å². The summed E-state index contributed by atoms with van der Waals surface area (Å²) in [6.07, 6.45) is 16.0. The number of halogens is 2. The van der Waals surface area contributed by atoms with E-state index in [4.69, 9.17) is 95.1 Å². The lowest BCUT2D eigenvalue weighted by Gasteiger charge is -2.37. The number of H-pyrrole nitrogens is 1. The van der Waals surface area contributed by atoms with Crippen LogP contribution in [0.15, 0.2) is 182 Å². The lowest BCUT2D eigenvalue weighted by molar-refractivity contribution is 0.00321. The molecule has 4 N–H and O–H groups in total. The average Bonchev–Trinajstić information content (AvgIpc) is 1.58. The minimum Gasteiger partial charge on any atom is -0.537 e. The zero-order chi connectivity index (χ0) is 108. The number of aromatic amines is 1. The van der Waals surface area contributed by atoms with Crippen molar-refractivity contribution in [2.75, 3.05) is 68.6 Å². The number of carbonyl (C=O) groups is 7. The number of amides is 2. The third-order valence-electron chi connectivity index (χ3n) is 24.1. The molecule has 2 atom stereocenters. The van der Waals surface area contributed by atoms with Crippen molar-refractivity contribution in [2.45, 2.75) is 189 Å². The zero-order valence-electron chi connectivity index (χ0n) is 85.2. The van der Waals surface area contributed by atoms with Crippen molar-refractivity contribution in [3.05, 3.63) is 267 Å². The lowest BCUT2D eigenvalue weighted by Crippen LogP contribution is -2.50. The summed E-state index contributed by atoms with van der Waals surface area (Å²) in [6, 6.07) is 34.1.